The molecule has 0 aliphatic carbocycles. The molecular formula is C11H12F3NO4S. The van der Waals surface area contributed by atoms with Crippen LogP contribution in [0.5, 0.6) is 0 Å². The molecule has 0 aliphatic rings. The maximum Gasteiger partial charge on any atom is 0.303 e. The van der Waals surface area contributed by atoms with Gasteiger partial charge in [-0.3, -0.25) is 4.79 Å². The Hall–Kier alpha value is -1.61. The van der Waals surface area contributed by atoms with Crippen molar-refractivity contribution in [2.24, 2.45) is 5.92 Å². The molecule has 1 rings (SSSR count). The second-order valence-electron chi connectivity index (χ2n) is 4.23. The summed E-state index contributed by atoms with van der Waals surface area (Å²) >= 11 is 0. The Balaban J connectivity index is 2.90. The van der Waals surface area contributed by atoms with Gasteiger partial charge in [-0.05, 0) is 18.1 Å². The van der Waals surface area contributed by atoms with Crippen molar-refractivity contribution in [2.45, 2.75) is 18.2 Å². The molecule has 20 heavy (non-hydrogen) atoms. The van der Waals surface area contributed by atoms with E-state index < -0.39 is 44.3 Å². The van der Waals surface area contributed by atoms with Crippen LogP contribution in [0.15, 0.2) is 17.0 Å². The fourth-order valence-corrected chi connectivity index (χ4v) is 2.65. The van der Waals surface area contributed by atoms with E-state index in [1.165, 1.54) is 6.92 Å². The maximum absolute atomic E-state index is 13.4. The third-order valence-corrected chi connectivity index (χ3v) is 3.88. The predicted molar refractivity (Wildman–Crippen MR) is 62.9 cm³/mol. The van der Waals surface area contributed by atoms with Gasteiger partial charge in [0.1, 0.15) is 4.90 Å². The van der Waals surface area contributed by atoms with E-state index in [2.05, 4.69) is 0 Å². The third kappa shape index (κ3) is 3.94. The predicted octanol–water partition coefficient (Wildman–Crippen LogP) is 1.49. The molecule has 0 aromatic heterocycles. The second-order valence-corrected chi connectivity index (χ2v) is 5.96. The van der Waals surface area contributed by atoms with Crippen molar-refractivity contribution in [3.8, 4) is 0 Å². The number of hydrogen-bond donors (Lipinski definition) is 2. The molecule has 0 spiro atoms. The van der Waals surface area contributed by atoms with Gasteiger partial charge in [0.15, 0.2) is 17.5 Å². The van der Waals surface area contributed by atoms with E-state index in [4.69, 9.17) is 5.11 Å². The summed E-state index contributed by atoms with van der Waals surface area (Å²) in [6, 6.07) is 1.09. The molecule has 0 bridgehead atoms. The number of halogens is 3. The zero-order valence-electron chi connectivity index (χ0n) is 10.4. The van der Waals surface area contributed by atoms with Crippen molar-refractivity contribution in [3.63, 3.8) is 0 Å². The van der Waals surface area contributed by atoms with Gasteiger partial charge in [-0.1, -0.05) is 6.92 Å². The van der Waals surface area contributed by atoms with Crippen LogP contribution in [0.3, 0.4) is 0 Å². The van der Waals surface area contributed by atoms with Crippen LogP contribution in [-0.2, 0) is 14.8 Å². The number of sulfonamides is 1. The van der Waals surface area contributed by atoms with Crippen LogP contribution >= 0.6 is 0 Å². The molecule has 9 heteroatoms. The highest BCUT2D eigenvalue weighted by molar-refractivity contribution is 7.89. The molecule has 1 aromatic carbocycles. The maximum atomic E-state index is 13.4. The molecular weight excluding hydrogens is 299 g/mol. The van der Waals surface area contributed by atoms with E-state index in [0.29, 0.717) is 12.1 Å². The molecule has 2 N–H and O–H groups in total. The minimum absolute atomic E-state index is 0.271. The van der Waals surface area contributed by atoms with Crippen LogP contribution < -0.4 is 4.72 Å². The lowest BCUT2D eigenvalue weighted by molar-refractivity contribution is -0.137. The third-order valence-electron chi connectivity index (χ3n) is 2.43. The second kappa shape index (κ2) is 6.23. The quantitative estimate of drug-likeness (QED) is 0.780. The Bertz CT molecular complexity index is 618. The summed E-state index contributed by atoms with van der Waals surface area (Å²) in [5, 5.41) is 8.51. The topological polar surface area (TPSA) is 83.5 Å². The number of carboxylic acids is 1. The Kier molecular flexibility index (Phi) is 5.12. The number of benzene rings is 1. The molecule has 0 aliphatic heterocycles. The van der Waals surface area contributed by atoms with Crippen LogP contribution in [0.4, 0.5) is 13.2 Å². The first-order valence-electron chi connectivity index (χ1n) is 5.50. The average Bonchev–Trinajstić information content (AvgIpc) is 2.32. The summed E-state index contributed by atoms with van der Waals surface area (Å²) in [6.45, 7) is 1.20. The molecule has 1 unspecified atom stereocenters. The Morgan fingerprint density at radius 3 is 2.45 bits per heavy atom. The number of nitrogens with one attached hydrogen (secondary N) is 1. The van der Waals surface area contributed by atoms with Crippen molar-refractivity contribution in [1.82, 2.24) is 4.72 Å². The van der Waals surface area contributed by atoms with Gasteiger partial charge in [0, 0.05) is 13.0 Å². The highest BCUT2D eigenvalue weighted by Gasteiger charge is 2.24. The molecule has 5 nitrogen and oxygen atoms in total. The zero-order chi connectivity index (χ0) is 15.5. The van der Waals surface area contributed by atoms with Gasteiger partial charge in [0.2, 0.25) is 10.0 Å². The van der Waals surface area contributed by atoms with E-state index in [1.54, 1.807) is 0 Å². The van der Waals surface area contributed by atoms with Gasteiger partial charge < -0.3 is 5.11 Å². The van der Waals surface area contributed by atoms with E-state index in [-0.39, 0.29) is 13.0 Å². The van der Waals surface area contributed by atoms with Crippen molar-refractivity contribution in [1.29, 1.82) is 0 Å². The lowest BCUT2D eigenvalue weighted by atomic mass is 10.1. The van der Waals surface area contributed by atoms with Crippen molar-refractivity contribution in [3.05, 3.63) is 29.6 Å². The van der Waals surface area contributed by atoms with Gasteiger partial charge in [-0.25, -0.2) is 26.3 Å². The molecule has 0 heterocycles. The smallest absolute Gasteiger partial charge is 0.303 e. The van der Waals surface area contributed by atoms with Gasteiger partial charge >= 0.3 is 5.97 Å². The molecule has 112 valence electrons. The van der Waals surface area contributed by atoms with Crippen LogP contribution in [0, 0.1) is 23.4 Å². The summed E-state index contributed by atoms with van der Waals surface area (Å²) in [5.74, 6) is -6.86. The van der Waals surface area contributed by atoms with E-state index in [0.717, 1.165) is 0 Å². The number of carboxylic acid groups (broad SMARTS) is 1. The Labute approximate surface area is 113 Å². The number of carbonyl (C=O) groups is 1. The van der Waals surface area contributed by atoms with E-state index in [1.807, 2.05) is 4.72 Å². The summed E-state index contributed by atoms with van der Waals surface area (Å²) in [6.07, 6.45) is -0.289. The lowest BCUT2D eigenvalue weighted by Crippen LogP contribution is -2.30. The standard InChI is InChI=1S/C11H12F3NO4S/c1-6(4-9(16)17)5-15-20(18,19)8-3-2-7(12)10(13)11(8)14/h2-3,6,15H,4-5H2,1H3,(H,16,17). The SMILES string of the molecule is CC(CNS(=O)(=O)c1ccc(F)c(F)c1F)CC(=O)O. The summed E-state index contributed by atoms with van der Waals surface area (Å²) in [4.78, 5) is 9.38. The van der Waals surface area contributed by atoms with Crippen LogP contribution in [0.2, 0.25) is 0 Å². The largest absolute Gasteiger partial charge is 0.481 e. The fourth-order valence-electron chi connectivity index (χ4n) is 1.42. The minimum Gasteiger partial charge on any atom is -0.481 e. The first kappa shape index (κ1) is 16.4. The molecule has 0 amide bonds. The average molecular weight is 311 g/mol. The fraction of sp³-hybridized carbons (Fsp3) is 0.364. The van der Waals surface area contributed by atoms with Crippen molar-refractivity contribution >= 4 is 16.0 Å². The Morgan fingerprint density at radius 1 is 1.30 bits per heavy atom. The van der Waals surface area contributed by atoms with Crippen LogP contribution in [0.25, 0.3) is 0 Å². The van der Waals surface area contributed by atoms with Gasteiger partial charge in [-0.15, -0.1) is 0 Å². The van der Waals surface area contributed by atoms with Crippen LogP contribution in [-0.4, -0.2) is 26.0 Å². The number of aliphatic carboxylic acids is 1. The molecule has 1 atom stereocenters. The monoisotopic (exact) mass is 311 g/mol. The van der Waals surface area contributed by atoms with Crippen molar-refractivity contribution in [2.75, 3.05) is 6.54 Å². The number of rotatable bonds is 6. The normalized spacial score (nSPS) is 13.2. The summed E-state index contributed by atoms with van der Waals surface area (Å²) in [7, 11) is -4.39. The molecule has 0 radical (unpaired) electrons. The van der Waals surface area contributed by atoms with Gasteiger partial charge in [-0.2, -0.15) is 0 Å². The van der Waals surface area contributed by atoms with E-state index >= 15 is 0 Å². The van der Waals surface area contributed by atoms with Gasteiger partial charge in [0.25, 0.3) is 0 Å². The highest BCUT2D eigenvalue weighted by atomic mass is 32.2. The first-order valence-corrected chi connectivity index (χ1v) is 6.98. The number of hydrogen-bond acceptors (Lipinski definition) is 3. The zero-order valence-corrected chi connectivity index (χ0v) is 11.2. The Morgan fingerprint density at radius 2 is 1.90 bits per heavy atom. The first-order chi connectivity index (χ1) is 9.15. The van der Waals surface area contributed by atoms with Gasteiger partial charge in [0.05, 0.1) is 0 Å². The van der Waals surface area contributed by atoms with Crippen molar-refractivity contribution < 1.29 is 31.5 Å². The minimum atomic E-state index is -4.39. The summed E-state index contributed by atoms with van der Waals surface area (Å²) in [5.41, 5.74) is 0. The molecule has 0 saturated carbocycles. The molecule has 0 saturated heterocycles. The van der Waals surface area contributed by atoms with Crippen LogP contribution in [0.1, 0.15) is 13.3 Å². The highest BCUT2D eigenvalue weighted by Crippen LogP contribution is 2.19. The molecule has 1 aromatic rings. The molecule has 0 fully saturated rings. The summed E-state index contributed by atoms with van der Waals surface area (Å²) < 4.78 is 64.4. The lowest BCUT2D eigenvalue weighted by Gasteiger charge is -2.11. The van der Waals surface area contributed by atoms with E-state index in [9.17, 15) is 26.4 Å².